The van der Waals surface area contributed by atoms with Crippen LogP contribution in [0.1, 0.15) is 33.5 Å². The van der Waals surface area contributed by atoms with Gasteiger partial charge in [0.2, 0.25) is 0 Å². The average molecular weight is 234 g/mol. The van der Waals surface area contributed by atoms with Gasteiger partial charge in [0.1, 0.15) is 5.00 Å². The Labute approximate surface area is 98.7 Å². The van der Waals surface area contributed by atoms with E-state index in [1.165, 1.54) is 22.6 Å². The fourth-order valence-corrected chi connectivity index (χ4v) is 2.75. The summed E-state index contributed by atoms with van der Waals surface area (Å²) in [6, 6.07) is 3.77. The van der Waals surface area contributed by atoms with E-state index in [0.29, 0.717) is 0 Å². The molecule has 0 saturated heterocycles. The number of nitrogens with zero attached hydrogens (tertiary/aromatic N) is 2. The molecular weight excluding hydrogens is 220 g/mol. The zero-order valence-electron chi connectivity index (χ0n) is 9.65. The highest BCUT2D eigenvalue weighted by Crippen LogP contribution is 2.23. The summed E-state index contributed by atoms with van der Waals surface area (Å²) in [6.45, 7) is 6.22. The van der Waals surface area contributed by atoms with Gasteiger partial charge in [0, 0.05) is 5.69 Å². The molecular formula is C12H14N2OS. The number of aryl methyl sites for hydroxylation is 1. The fourth-order valence-electron chi connectivity index (χ4n) is 1.92. The van der Waals surface area contributed by atoms with E-state index in [1.807, 2.05) is 23.7 Å². The van der Waals surface area contributed by atoms with E-state index in [-0.39, 0.29) is 0 Å². The molecule has 0 amide bonds. The molecule has 3 nitrogen and oxygen atoms in total. The Morgan fingerprint density at radius 2 is 2.19 bits per heavy atom. The first kappa shape index (κ1) is 11.1. The van der Waals surface area contributed by atoms with Crippen LogP contribution in [0.4, 0.5) is 0 Å². The maximum atomic E-state index is 10.6. The third-order valence-electron chi connectivity index (χ3n) is 2.73. The number of carbonyl (C=O) groups excluding carboxylic acids is 1. The number of thiophene rings is 1. The Morgan fingerprint density at radius 1 is 1.44 bits per heavy atom. The van der Waals surface area contributed by atoms with Crippen LogP contribution in [0.25, 0.3) is 5.00 Å². The quantitative estimate of drug-likeness (QED) is 0.765. The van der Waals surface area contributed by atoms with Gasteiger partial charge in [-0.05, 0) is 38.0 Å². The molecule has 0 bridgehead atoms. The van der Waals surface area contributed by atoms with Crippen LogP contribution < -0.4 is 0 Å². The molecule has 16 heavy (non-hydrogen) atoms. The van der Waals surface area contributed by atoms with Gasteiger partial charge in [-0.2, -0.15) is 5.10 Å². The number of hydrogen-bond donors (Lipinski definition) is 0. The van der Waals surface area contributed by atoms with Crippen LogP contribution in [0.15, 0.2) is 12.1 Å². The topological polar surface area (TPSA) is 34.9 Å². The second-order valence-corrected chi connectivity index (χ2v) is 4.80. The van der Waals surface area contributed by atoms with Crippen LogP contribution in [0, 0.1) is 13.8 Å². The summed E-state index contributed by atoms with van der Waals surface area (Å²) in [7, 11) is 0. The molecule has 4 heteroatoms. The minimum Gasteiger partial charge on any atom is -0.297 e. The molecule has 0 aromatic carbocycles. The molecule has 2 aromatic heterocycles. The molecule has 0 spiro atoms. The third-order valence-corrected chi connectivity index (χ3v) is 3.72. The van der Waals surface area contributed by atoms with Crippen molar-refractivity contribution in [2.75, 3.05) is 0 Å². The van der Waals surface area contributed by atoms with Crippen LogP contribution >= 0.6 is 11.3 Å². The Morgan fingerprint density at radius 3 is 2.69 bits per heavy atom. The van der Waals surface area contributed by atoms with Gasteiger partial charge < -0.3 is 0 Å². The van der Waals surface area contributed by atoms with Gasteiger partial charge in [-0.25, -0.2) is 4.68 Å². The van der Waals surface area contributed by atoms with Crippen LogP contribution in [-0.4, -0.2) is 16.1 Å². The number of aromatic nitrogens is 2. The normalized spacial score (nSPS) is 10.7. The van der Waals surface area contributed by atoms with Crippen molar-refractivity contribution >= 4 is 17.6 Å². The minimum atomic E-state index is 0.737. The predicted octanol–water partition coefficient (Wildman–Crippen LogP) is 2.93. The van der Waals surface area contributed by atoms with E-state index in [1.54, 1.807) is 0 Å². The largest absolute Gasteiger partial charge is 0.297 e. The molecule has 84 valence electrons. The van der Waals surface area contributed by atoms with Crippen molar-refractivity contribution < 1.29 is 4.79 Å². The average Bonchev–Trinajstić information content (AvgIpc) is 2.83. The van der Waals surface area contributed by atoms with Gasteiger partial charge in [-0.1, -0.05) is 6.92 Å². The van der Waals surface area contributed by atoms with Crippen molar-refractivity contribution in [3.8, 4) is 5.00 Å². The summed E-state index contributed by atoms with van der Waals surface area (Å²) in [5.74, 6) is 0. The lowest BCUT2D eigenvalue weighted by Gasteiger charge is -2.00. The molecule has 0 aliphatic rings. The maximum Gasteiger partial charge on any atom is 0.160 e. The van der Waals surface area contributed by atoms with Crippen LogP contribution in [-0.2, 0) is 6.42 Å². The summed E-state index contributed by atoms with van der Waals surface area (Å²) in [5.41, 5.74) is 3.53. The molecule has 0 unspecified atom stereocenters. The summed E-state index contributed by atoms with van der Waals surface area (Å²) < 4.78 is 1.92. The van der Waals surface area contributed by atoms with Gasteiger partial charge in [0.15, 0.2) is 6.29 Å². The van der Waals surface area contributed by atoms with E-state index in [9.17, 15) is 4.79 Å². The fraction of sp³-hybridized carbons (Fsp3) is 0.333. The lowest BCUT2D eigenvalue weighted by molar-refractivity contribution is 0.112. The number of aldehydes is 1. The maximum absolute atomic E-state index is 10.6. The molecule has 0 fully saturated rings. The highest BCUT2D eigenvalue weighted by Gasteiger charge is 2.12. The van der Waals surface area contributed by atoms with E-state index >= 15 is 0 Å². The van der Waals surface area contributed by atoms with Crippen molar-refractivity contribution in [2.45, 2.75) is 27.2 Å². The molecule has 2 aromatic rings. The van der Waals surface area contributed by atoms with Crippen LogP contribution in [0.2, 0.25) is 0 Å². The van der Waals surface area contributed by atoms with E-state index in [0.717, 1.165) is 28.3 Å². The smallest absolute Gasteiger partial charge is 0.160 e. The molecule has 2 rings (SSSR count). The Bertz CT molecular complexity index is 525. The van der Waals surface area contributed by atoms with E-state index in [2.05, 4.69) is 18.9 Å². The number of carbonyl (C=O) groups is 1. The molecule has 0 aliphatic carbocycles. The SMILES string of the molecule is CCc1c(C)nn(-c2ccc(C=O)s2)c1C. The second-order valence-electron chi connectivity index (χ2n) is 3.71. The van der Waals surface area contributed by atoms with Crippen LogP contribution in [0.5, 0.6) is 0 Å². The molecule has 2 heterocycles. The summed E-state index contributed by atoms with van der Waals surface area (Å²) >= 11 is 1.47. The van der Waals surface area contributed by atoms with Gasteiger partial charge in [-0.3, -0.25) is 4.79 Å². The van der Waals surface area contributed by atoms with Crippen molar-refractivity contribution in [1.82, 2.24) is 9.78 Å². The lowest BCUT2D eigenvalue weighted by Crippen LogP contribution is -1.96. The molecule has 0 N–H and O–H groups in total. The lowest BCUT2D eigenvalue weighted by atomic mass is 10.1. The molecule has 0 aliphatic heterocycles. The van der Waals surface area contributed by atoms with Crippen molar-refractivity contribution in [1.29, 1.82) is 0 Å². The first-order valence-corrected chi connectivity index (χ1v) is 6.09. The summed E-state index contributed by atoms with van der Waals surface area (Å²) in [6.07, 6.45) is 1.87. The minimum absolute atomic E-state index is 0.737. The van der Waals surface area contributed by atoms with Gasteiger partial charge in [-0.15, -0.1) is 11.3 Å². The Kier molecular flexibility index (Phi) is 2.92. The monoisotopic (exact) mass is 234 g/mol. The van der Waals surface area contributed by atoms with Gasteiger partial charge >= 0.3 is 0 Å². The molecule has 0 atom stereocenters. The van der Waals surface area contributed by atoms with Gasteiger partial charge in [0.25, 0.3) is 0 Å². The summed E-state index contributed by atoms with van der Waals surface area (Å²) in [5, 5.41) is 5.51. The standard InChI is InChI=1S/C12H14N2OS/c1-4-11-8(2)13-14(9(11)3)12-6-5-10(7-15)16-12/h5-7H,4H2,1-3H3. The predicted molar refractivity (Wildman–Crippen MR) is 65.7 cm³/mol. The first-order chi connectivity index (χ1) is 7.67. The Hall–Kier alpha value is -1.42. The Balaban J connectivity index is 2.51. The zero-order valence-corrected chi connectivity index (χ0v) is 10.5. The van der Waals surface area contributed by atoms with Crippen molar-refractivity contribution in [3.05, 3.63) is 34.0 Å². The van der Waals surface area contributed by atoms with Crippen molar-refractivity contribution in [2.24, 2.45) is 0 Å². The zero-order chi connectivity index (χ0) is 11.7. The van der Waals surface area contributed by atoms with E-state index in [4.69, 9.17) is 0 Å². The second kappa shape index (κ2) is 4.22. The van der Waals surface area contributed by atoms with Crippen molar-refractivity contribution in [3.63, 3.8) is 0 Å². The number of hydrogen-bond acceptors (Lipinski definition) is 3. The number of rotatable bonds is 3. The molecule has 0 radical (unpaired) electrons. The first-order valence-electron chi connectivity index (χ1n) is 5.27. The van der Waals surface area contributed by atoms with Crippen LogP contribution in [0.3, 0.4) is 0 Å². The molecule has 0 saturated carbocycles. The highest BCUT2D eigenvalue weighted by molar-refractivity contribution is 7.16. The third kappa shape index (κ3) is 1.69. The summed E-state index contributed by atoms with van der Waals surface area (Å²) in [4.78, 5) is 11.4. The van der Waals surface area contributed by atoms with Gasteiger partial charge in [0.05, 0.1) is 10.6 Å². The van der Waals surface area contributed by atoms with E-state index < -0.39 is 0 Å². The highest BCUT2D eigenvalue weighted by atomic mass is 32.1.